The van der Waals surface area contributed by atoms with E-state index in [2.05, 4.69) is 11.0 Å². The number of likely N-dealkylation sites (tertiary alicyclic amines) is 1. The Morgan fingerprint density at radius 3 is 2.34 bits per heavy atom. The minimum atomic E-state index is -0.317. The number of phenols is 2. The van der Waals surface area contributed by atoms with Gasteiger partial charge in [0.05, 0.1) is 31.4 Å². The normalized spacial score (nSPS) is 22.8. The highest BCUT2D eigenvalue weighted by molar-refractivity contribution is 5.73. The van der Waals surface area contributed by atoms with Gasteiger partial charge in [-0.25, -0.2) is 0 Å². The third kappa shape index (κ3) is 5.05. The fraction of sp³-hybridized carbons (Fsp3) is 0.483. The van der Waals surface area contributed by atoms with Crippen LogP contribution in [0.25, 0.3) is 5.76 Å². The second-order valence-corrected chi connectivity index (χ2v) is 10.4. The fourth-order valence-corrected chi connectivity index (χ4v) is 6.12. The molecule has 0 aromatic heterocycles. The number of aromatic hydroxyl groups is 2. The van der Waals surface area contributed by atoms with Crippen molar-refractivity contribution in [1.82, 2.24) is 9.96 Å². The summed E-state index contributed by atoms with van der Waals surface area (Å²) in [4.78, 5) is 8.85. The molecule has 0 amide bonds. The molecule has 1 aliphatic carbocycles. The molecule has 9 nitrogen and oxygen atoms in total. The van der Waals surface area contributed by atoms with Gasteiger partial charge >= 0.3 is 0 Å². The monoisotopic (exact) mass is 519 g/mol. The molecule has 1 spiro atoms. The SMILES string of the molecule is N#Cc1ccc(Oc2cc(O)cc(O)c2C2=CCN(C3CCN(C4CCC5(CC4)OCCO5)CC3)O2)cc1. The van der Waals surface area contributed by atoms with Gasteiger partial charge in [0, 0.05) is 50.1 Å². The van der Waals surface area contributed by atoms with E-state index in [0.29, 0.717) is 48.4 Å². The molecule has 2 saturated heterocycles. The Labute approximate surface area is 222 Å². The Kier molecular flexibility index (Phi) is 6.89. The summed E-state index contributed by atoms with van der Waals surface area (Å²) < 4.78 is 17.8. The third-order valence-electron chi connectivity index (χ3n) is 8.15. The second-order valence-electron chi connectivity index (χ2n) is 10.4. The van der Waals surface area contributed by atoms with E-state index in [1.807, 2.05) is 11.1 Å². The average molecular weight is 520 g/mol. The van der Waals surface area contributed by atoms with Crippen LogP contribution >= 0.6 is 0 Å². The van der Waals surface area contributed by atoms with Crippen molar-refractivity contribution >= 4 is 5.76 Å². The number of phenolic OH excluding ortho intramolecular Hbond substituents is 2. The summed E-state index contributed by atoms with van der Waals surface area (Å²) in [6.45, 7) is 4.09. The summed E-state index contributed by atoms with van der Waals surface area (Å²) in [5.74, 6) is 0.711. The van der Waals surface area contributed by atoms with Gasteiger partial charge in [0.25, 0.3) is 0 Å². The first-order valence-corrected chi connectivity index (χ1v) is 13.4. The Morgan fingerprint density at radius 2 is 1.66 bits per heavy atom. The van der Waals surface area contributed by atoms with Gasteiger partial charge in [0.2, 0.25) is 0 Å². The van der Waals surface area contributed by atoms with Gasteiger partial charge in [0.1, 0.15) is 28.6 Å². The maximum absolute atomic E-state index is 10.7. The lowest BCUT2D eigenvalue weighted by Crippen LogP contribution is -2.50. The Hall–Kier alpha value is -3.29. The lowest BCUT2D eigenvalue weighted by molar-refractivity contribution is -0.185. The van der Waals surface area contributed by atoms with Gasteiger partial charge in [-0.15, -0.1) is 5.06 Å². The first kappa shape index (κ1) is 25.0. The van der Waals surface area contributed by atoms with E-state index in [4.69, 9.17) is 24.3 Å². The van der Waals surface area contributed by atoms with Crippen molar-refractivity contribution in [1.29, 1.82) is 5.26 Å². The predicted octanol–water partition coefficient (Wildman–Crippen LogP) is 4.50. The first-order valence-electron chi connectivity index (χ1n) is 13.4. The van der Waals surface area contributed by atoms with Gasteiger partial charge < -0.3 is 34.2 Å². The number of benzene rings is 2. The lowest BCUT2D eigenvalue weighted by Gasteiger charge is -2.44. The number of rotatable bonds is 5. The van der Waals surface area contributed by atoms with Crippen LogP contribution in [0.15, 0.2) is 42.5 Å². The van der Waals surface area contributed by atoms with Crippen molar-refractivity contribution in [2.75, 3.05) is 32.8 Å². The number of hydrogen-bond acceptors (Lipinski definition) is 9. The molecule has 9 heteroatoms. The number of nitrogens with zero attached hydrogens (tertiary/aromatic N) is 3. The number of piperidine rings is 1. The van der Waals surface area contributed by atoms with E-state index >= 15 is 0 Å². The molecule has 2 aromatic rings. The lowest BCUT2D eigenvalue weighted by atomic mass is 9.88. The third-order valence-corrected chi connectivity index (χ3v) is 8.15. The van der Waals surface area contributed by atoms with E-state index in [-0.39, 0.29) is 29.1 Å². The van der Waals surface area contributed by atoms with Crippen LogP contribution in [0.5, 0.6) is 23.0 Å². The van der Waals surface area contributed by atoms with E-state index in [9.17, 15) is 10.2 Å². The molecular weight excluding hydrogens is 486 g/mol. The molecule has 0 bridgehead atoms. The molecule has 2 aromatic carbocycles. The van der Waals surface area contributed by atoms with Crippen molar-refractivity contribution in [3.05, 3.63) is 53.6 Å². The molecule has 38 heavy (non-hydrogen) atoms. The van der Waals surface area contributed by atoms with Crippen LogP contribution in [0, 0.1) is 11.3 Å². The zero-order valence-electron chi connectivity index (χ0n) is 21.3. The average Bonchev–Trinajstić information content (AvgIpc) is 3.60. The van der Waals surface area contributed by atoms with Crippen molar-refractivity contribution in [2.45, 2.75) is 56.4 Å². The van der Waals surface area contributed by atoms with Crippen molar-refractivity contribution < 1.29 is 29.3 Å². The summed E-state index contributed by atoms with van der Waals surface area (Å²) in [7, 11) is 0. The summed E-state index contributed by atoms with van der Waals surface area (Å²) in [6, 6.07) is 12.3. The number of ether oxygens (including phenoxy) is 3. The maximum Gasteiger partial charge on any atom is 0.168 e. The second kappa shape index (κ2) is 10.5. The Bertz CT molecular complexity index is 1220. The zero-order chi connectivity index (χ0) is 26.1. The maximum atomic E-state index is 10.7. The van der Waals surface area contributed by atoms with E-state index in [1.54, 1.807) is 24.3 Å². The van der Waals surface area contributed by atoms with E-state index < -0.39 is 0 Å². The van der Waals surface area contributed by atoms with Gasteiger partial charge in [-0.1, -0.05) is 0 Å². The molecule has 3 heterocycles. The van der Waals surface area contributed by atoms with Crippen molar-refractivity contribution in [3.8, 4) is 29.1 Å². The summed E-state index contributed by atoms with van der Waals surface area (Å²) in [5, 5.41) is 31.8. The van der Waals surface area contributed by atoms with Gasteiger partial charge in [-0.05, 0) is 56.0 Å². The van der Waals surface area contributed by atoms with Crippen LogP contribution in [0.3, 0.4) is 0 Å². The molecule has 0 unspecified atom stereocenters. The first-order chi connectivity index (χ1) is 18.5. The number of hydroxylamine groups is 2. The molecule has 3 aliphatic heterocycles. The molecule has 0 atom stereocenters. The highest BCUT2D eigenvalue weighted by Crippen LogP contribution is 2.43. The van der Waals surface area contributed by atoms with Crippen LogP contribution < -0.4 is 4.74 Å². The van der Waals surface area contributed by atoms with Crippen LogP contribution in [0.1, 0.15) is 49.7 Å². The van der Waals surface area contributed by atoms with Crippen molar-refractivity contribution in [2.24, 2.45) is 0 Å². The summed E-state index contributed by atoms with van der Waals surface area (Å²) in [6.07, 6.45) is 8.12. The highest BCUT2D eigenvalue weighted by atomic mass is 16.7. The minimum Gasteiger partial charge on any atom is -0.508 e. The molecule has 6 rings (SSSR count). The van der Waals surface area contributed by atoms with Crippen LogP contribution in [0.4, 0.5) is 0 Å². The largest absolute Gasteiger partial charge is 0.508 e. The molecule has 4 aliphatic rings. The highest BCUT2D eigenvalue weighted by Gasteiger charge is 2.42. The Morgan fingerprint density at radius 1 is 0.947 bits per heavy atom. The van der Waals surface area contributed by atoms with Gasteiger partial charge in [-0.3, -0.25) is 0 Å². The number of hydrogen-bond donors (Lipinski definition) is 2. The molecule has 200 valence electrons. The molecule has 2 N–H and O–H groups in total. The topological polar surface area (TPSA) is 108 Å². The molecular formula is C29H33N3O6. The van der Waals surface area contributed by atoms with Gasteiger partial charge in [0.15, 0.2) is 11.5 Å². The smallest absolute Gasteiger partial charge is 0.168 e. The van der Waals surface area contributed by atoms with E-state index in [1.165, 1.54) is 12.1 Å². The van der Waals surface area contributed by atoms with Crippen LogP contribution in [-0.4, -0.2) is 70.9 Å². The number of nitriles is 1. The van der Waals surface area contributed by atoms with Gasteiger partial charge in [-0.2, -0.15) is 5.26 Å². The van der Waals surface area contributed by atoms with Crippen LogP contribution in [-0.2, 0) is 14.3 Å². The zero-order valence-corrected chi connectivity index (χ0v) is 21.3. The standard InChI is InChI=1S/C29H33N3O6/c30-19-20-1-3-24(4-2-20)37-27-18-23(33)17-25(34)28(27)26-9-14-32(38-26)22-7-12-31(13-8-22)21-5-10-29(11-6-21)35-15-16-36-29/h1-4,9,17-18,21-22,33-34H,5-8,10-16H2. The summed E-state index contributed by atoms with van der Waals surface area (Å²) in [5.41, 5.74) is 0.906. The molecule has 3 fully saturated rings. The molecule has 0 radical (unpaired) electrons. The van der Waals surface area contributed by atoms with E-state index in [0.717, 1.165) is 51.6 Å². The van der Waals surface area contributed by atoms with Crippen LogP contribution in [0.2, 0.25) is 0 Å². The van der Waals surface area contributed by atoms with Crippen molar-refractivity contribution in [3.63, 3.8) is 0 Å². The minimum absolute atomic E-state index is 0.114. The predicted molar refractivity (Wildman–Crippen MR) is 138 cm³/mol. The molecule has 1 saturated carbocycles. The Balaban J connectivity index is 1.07. The quantitative estimate of drug-likeness (QED) is 0.590. The fourth-order valence-electron chi connectivity index (χ4n) is 6.12. The summed E-state index contributed by atoms with van der Waals surface area (Å²) >= 11 is 0.